The standard InChI is InChI=1S/C24H20ClN3O6S/c25-17-11-10-16(14-19(17)28(32)33)26-22(29)21(15-6-2-1-3-7-15)34-24(31)18-8-4-12-27(18)23(30)20-9-5-13-35-20/h1-3,5-7,9-11,13-14,18,21H,4,8,12H2,(H,26,29). The fraction of sp³-hybridized carbons (Fsp3) is 0.208. The Morgan fingerprint density at radius 1 is 1.14 bits per heavy atom. The predicted molar refractivity (Wildman–Crippen MR) is 130 cm³/mol. The van der Waals surface area contributed by atoms with Crippen molar-refractivity contribution in [3.63, 3.8) is 0 Å². The van der Waals surface area contributed by atoms with Crippen LogP contribution >= 0.6 is 22.9 Å². The molecule has 1 fully saturated rings. The van der Waals surface area contributed by atoms with Crippen molar-refractivity contribution in [1.29, 1.82) is 0 Å². The van der Waals surface area contributed by atoms with Crippen molar-refractivity contribution in [2.24, 2.45) is 0 Å². The molecule has 1 N–H and O–H groups in total. The Kier molecular flexibility index (Phi) is 7.42. The molecule has 11 heteroatoms. The van der Waals surface area contributed by atoms with Gasteiger partial charge in [0.15, 0.2) is 0 Å². The molecule has 9 nitrogen and oxygen atoms in total. The molecule has 35 heavy (non-hydrogen) atoms. The molecule has 0 radical (unpaired) electrons. The molecule has 1 saturated heterocycles. The van der Waals surface area contributed by atoms with Gasteiger partial charge in [-0.05, 0) is 36.4 Å². The van der Waals surface area contributed by atoms with E-state index in [1.165, 1.54) is 28.4 Å². The van der Waals surface area contributed by atoms with Gasteiger partial charge in [0.1, 0.15) is 11.1 Å². The van der Waals surface area contributed by atoms with Gasteiger partial charge in [-0.2, -0.15) is 0 Å². The normalized spacial score (nSPS) is 15.9. The van der Waals surface area contributed by atoms with E-state index in [1.54, 1.807) is 47.8 Å². The summed E-state index contributed by atoms with van der Waals surface area (Å²) in [5, 5.41) is 15.5. The Morgan fingerprint density at radius 2 is 1.91 bits per heavy atom. The Labute approximate surface area is 209 Å². The van der Waals surface area contributed by atoms with Crippen molar-refractivity contribution in [2.75, 3.05) is 11.9 Å². The molecule has 180 valence electrons. The summed E-state index contributed by atoms with van der Waals surface area (Å²) in [4.78, 5) is 51.7. The van der Waals surface area contributed by atoms with Gasteiger partial charge in [-0.25, -0.2) is 4.79 Å². The summed E-state index contributed by atoms with van der Waals surface area (Å²) in [5.41, 5.74) is 0.167. The molecule has 2 heterocycles. The van der Waals surface area contributed by atoms with Gasteiger partial charge >= 0.3 is 5.97 Å². The number of esters is 1. The molecule has 0 bridgehead atoms. The molecule has 2 atom stereocenters. The lowest BCUT2D eigenvalue weighted by molar-refractivity contribution is -0.384. The topological polar surface area (TPSA) is 119 Å². The minimum atomic E-state index is -1.34. The number of hydrogen-bond donors (Lipinski definition) is 1. The summed E-state index contributed by atoms with van der Waals surface area (Å²) < 4.78 is 5.65. The van der Waals surface area contributed by atoms with Crippen LogP contribution in [0.25, 0.3) is 0 Å². The maximum atomic E-state index is 13.2. The summed E-state index contributed by atoms with van der Waals surface area (Å²) in [5.74, 6) is -1.65. The maximum absolute atomic E-state index is 13.2. The number of hydrogen-bond acceptors (Lipinski definition) is 7. The Hall–Kier alpha value is -3.76. The average Bonchev–Trinajstić information content (AvgIpc) is 3.56. The number of likely N-dealkylation sites (tertiary alicyclic amines) is 1. The first-order chi connectivity index (χ1) is 16.8. The number of thiophene rings is 1. The lowest BCUT2D eigenvalue weighted by Crippen LogP contribution is -2.42. The van der Waals surface area contributed by atoms with Crippen LogP contribution in [0.4, 0.5) is 11.4 Å². The first-order valence-electron chi connectivity index (χ1n) is 10.7. The number of rotatable bonds is 7. The number of nitro benzene ring substituents is 1. The SMILES string of the molecule is O=C(Nc1ccc(Cl)c([N+](=O)[O-])c1)C(OC(=O)C1CCCN1C(=O)c1cccs1)c1ccccc1. The number of halogens is 1. The van der Waals surface area contributed by atoms with Gasteiger partial charge in [0.05, 0.1) is 9.80 Å². The van der Waals surface area contributed by atoms with Crippen LogP contribution in [0.1, 0.15) is 34.2 Å². The molecule has 4 rings (SSSR count). The second kappa shape index (κ2) is 10.7. The molecule has 0 saturated carbocycles. The minimum Gasteiger partial charge on any atom is -0.446 e. The Balaban J connectivity index is 1.55. The molecule has 0 spiro atoms. The number of ether oxygens (including phenoxy) is 1. The highest BCUT2D eigenvalue weighted by Gasteiger charge is 2.38. The first kappa shape index (κ1) is 24.4. The molecule has 1 aromatic heterocycles. The van der Waals surface area contributed by atoms with Gasteiger partial charge in [0.25, 0.3) is 17.5 Å². The highest BCUT2D eigenvalue weighted by Crippen LogP contribution is 2.30. The molecule has 2 unspecified atom stereocenters. The van der Waals surface area contributed by atoms with Crippen molar-refractivity contribution < 1.29 is 24.0 Å². The van der Waals surface area contributed by atoms with Crippen molar-refractivity contribution in [3.05, 3.63) is 91.6 Å². The van der Waals surface area contributed by atoms with Gasteiger partial charge in [0.2, 0.25) is 6.10 Å². The number of nitro groups is 1. The van der Waals surface area contributed by atoms with E-state index in [4.69, 9.17) is 16.3 Å². The Morgan fingerprint density at radius 3 is 2.60 bits per heavy atom. The zero-order valence-electron chi connectivity index (χ0n) is 18.3. The monoisotopic (exact) mass is 513 g/mol. The van der Waals surface area contributed by atoms with E-state index in [0.29, 0.717) is 29.8 Å². The number of anilines is 1. The maximum Gasteiger partial charge on any atom is 0.329 e. The van der Waals surface area contributed by atoms with Crippen molar-refractivity contribution >= 4 is 52.1 Å². The Bertz CT molecular complexity index is 1250. The van der Waals surface area contributed by atoms with Crippen LogP contribution in [0, 0.1) is 10.1 Å². The number of benzene rings is 2. The number of nitrogens with one attached hydrogen (secondary N) is 1. The van der Waals surface area contributed by atoms with E-state index in [9.17, 15) is 24.5 Å². The van der Waals surface area contributed by atoms with Crippen molar-refractivity contribution in [2.45, 2.75) is 25.0 Å². The number of nitrogens with zero attached hydrogens (tertiary/aromatic N) is 2. The number of amides is 2. The van der Waals surface area contributed by atoms with Gasteiger partial charge in [-0.15, -0.1) is 11.3 Å². The molecule has 0 aliphatic carbocycles. The fourth-order valence-corrected chi connectivity index (χ4v) is 4.70. The van der Waals surface area contributed by atoms with Crippen LogP contribution in [0.15, 0.2) is 66.0 Å². The molecule has 1 aliphatic rings. The summed E-state index contributed by atoms with van der Waals surface area (Å²) in [6.45, 7) is 0.410. The second-order valence-corrected chi connectivity index (χ2v) is 9.13. The van der Waals surface area contributed by atoms with E-state index in [-0.39, 0.29) is 22.3 Å². The smallest absolute Gasteiger partial charge is 0.329 e. The van der Waals surface area contributed by atoms with E-state index in [0.717, 1.165) is 6.07 Å². The van der Waals surface area contributed by atoms with Crippen molar-refractivity contribution in [1.82, 2.24) is 4.90 Å². The summed E-state index contributed by atoms with van der Waals surface area (Å²) >= 11 is 7.14. The van der Waals surface area contributed by atoms with Gasteiger partial charge < -0.3 is 15.0 Å². The summed E-state index contributed by atoms with van der Waals surface area (Å²) in [7, 11) is 0. The van der Waals surface area contributed by atoms with Crippen LogP contribution in [0.5, 0.6) is 0 Å². The van der Waals surface area contributed by atoms with E-state index in [1.807, 2.05) is 0 Å². The third kappa shape index (κ3) is 5.50. The first-order valence-corrected chi connectivity index (χ1v) is 12.0. The molecule has 2 aromatic carbocycles. The van der Waals surface area contributed by atoms with Crippen LogP contribution in [-0.2, 0) is 14.3 Å². The van der Waals surface area contributed by atoms with Crippen LogP contribution < -0.4 is 5.32 Å². The quantitative estimate of drug-likeness (QED) is 0.274. The number of carbonyl (C=O) groups is 3. The van der Waals surface area contributed by atoms with Gasteiger partial charge in [-0.3, -0.25) is 19.7 Å². The van der Waals surface area contributed by atoms with Crippen LogP contribution in [0.2, 0.25) is 5.02 Å². The lowest BCUT2D eigenvalue weighted by atomic mass is 10.1. The molecular formula is C24H20ClN3O6S. The predicted octanol–water partition coefficient (Wildman–Crippen LogP) is 4.84. The molecule has 1 aliphatic heterocycles. The summed E-state index contributed by atoms with van der Waals surface area (Å²) in [6.07, 6.45) is -0.284. The zero-order chi connectivity index (χ0) is 24.9. The molecule has 3 aromatic rings. The molecular weight excluding hydrogens is 494 g/mol. The van der Waals surface area contributed by atoms with Crippen molar-refractivity contribution in [3.8, 4) is 0 Å². The van der Waals surface area contributed by atoms with E-state index in [2.05, 4.69) is 5.32 Å². The van der Waals surface area contributed by atoms with Gasteiger partial charge in [0, 0.05) is 23.9 Å². The van der Waals surface area contributed by atoms with E-state index < -0.39 is 28.9 Å². The summed E-state index contributed by atoms with van der Waals surface area (Å²) in [6, 6.07) is 14.9. The molecule has 2 amide bonds. The second-order valence-electron chi connectivity index (χ2n) is 7.77. The van der Waals surface area contributed by atoms with E-state index >= 15 is 0 Å². The highest BCUT2D eigenvalue weighted by atomic mass is 35.5. The largest absolute Gasteiger partial charge is 0.446 e. The number of carbonyl (C=O) groups excluding carboxylic acids is 3. The third-order valence-corrected chi connectivity index (χ3v) is 6.68. The average molecular weight is 514 g/mol. The van der Waals surface area contributed by atoms with Gasteiger partial charge in [-0.1, -0.05) is 48.0 Å². The zero-order valence-corrected chi connectivity index (χ0v) is 19.8. The highest BCUT2D eigenvalue weighted by molar-refractivity contribution is 7.12. The van der Waals surface area contributed by atoms with Crippen LogP contribution in [-0.4, -0.2) is 40.2 Å². The minimum absolute atomic E-state index is 0.0734. The van der Waals surface area contributed by atoms with Crippen LogP contribution in [0.3, 0.4) is 0 Å². The lowest BCUT2D eigenvalue weighted by Gasteiger charge is -2.25. The fourth-order valence-electron chi connectivity index (χ4n) is 3.83. The third-order valence-electron chi connectivity index (χ3n) is 5.50.